The first-order chi connectivity index (χ1) is 12.1. The molecule has 0 spiro atoms. The van der Waals surface area contributed by atoms with Crippen LogP contribution in [0.25, 0.3) is 5.65 Å². The van der Waals surface area contributed by atoms with E-state index in [4.69, 9.17) is 10.5 Å². The van der Waals surface area contributed by atoms with Crippen LogP contribution in [0.4, 0.5) is 16.4 Å². The van der Waals surface area contributed by atoms with Crippen LogP contribution in [-0.2, 0) is 0 Å². The first-order valence-corrected chi connectivity index (χ1v) is 8.09. The van der Waals surface area contributed by atoms with Gasteiger partial charge in [0.1, 0.15) is 11.5 Å². The van der Waals surface area contributed by atoms with Crippen LogP contribution in [0, 0.1) is 6.92 Å². The molecular formula is C18H21N5O3. The molecule has 0 saturated carbocycles. The van der Waals surface area contributed by atoms with Crippen molar-refractivity contribution >= 4 is 23.4 Å². The lowest BCUT2D eigenvalue weighted by Crippen LogP contribution is -2.45. The molecule has 1 aromatic carbocycles. The van der Waals surface area contributed by atoms with Gasteiger partial charge in [0.15, 0.2) is 5.65 Å². The Morgan fingerprint density at radius 3 is 2.65 bits per heavy atom. The highest BCUT2D eigenvalue weighted by atomic mass is 16.5. The topological polar surface area (TPSA) is 106 Å². The molecule has 2 heterocycles. The maximum absolute atomic E-state index is 11.7. The first-order valence-electron chi connectivity index (χ1n) is 8.09. The van der Waals surface area contributed by atoms with Gasteiger partial charge in [-0.3, -0.25) is 4.90 Å². The Kier molecular flexibility index (Phi) is 4.19. The number of amides is 1. The summed E-state index contributed by atoms with van der Waals surface area (Å²) in [5.74, 6) is 1.29. The molecule has 8 nitrogen and oxygen atoms in total. The molecule has 0 fully saturated rings. The molecule has 0 atom stereocenters. The SMILES string of the molecule is Cc1ccc(N(C(=O)O)C(C)(C)C)cc1Oc1ccc2nc(N)nn2c1. The van der Waals surface area contributed by atoms with Crippen LogP contribution >= 0.6 is 0 Å². The van der Waals surface area contributed by atoms with Crippen molar-refractivity contribution in [2.24, 2.45) is 0 Å². The number of benzene rings is 1. The number of carboxylic acid groups (broad SMARTS) is 1. The number of anilines is 2. The summed E-state index contributed by atoms with van der Waals surface area (Å²) < 4.78 is 7.49. The summed E-state index contributed by atoms with van der Waals surface area (Å²) in [6.07, 6.45) is 0.649. The number of hydrogen-bond acceptors (Lipinski definition) is 5. The third-order valence-corrected chi connectivity index (χ3v) is 3.84. The molecule has 0 bridgehead atoms. The van der Waals surface area contributed by atoms with Crippen LogP contribution in [0.2, 0.25) is 0 Å². The van der Waals surface area contributed by atoms with Gasteiger partial charge in [0, 0.05) is 11.6 Å². The fourth-order valence-electron chi connectivity index (χ4n) is 2.69. The number of aryl methyl sites for hydroxylation is 1. The van der Waals surface area contributed by atoms with Gasteiger partial charge in [0.05, 0.1) is 11.9 Å². The Morgan fingerprint density at radius 1 is 1.27 bits per heavy atom. The van der Waals surface area contributed by atoms with Crippen LogP contribution in [0.3, 0.4) is 0 Å². The van der Waals surface area contributed by atoms with Gasteiger partial charge < -0.3 is 15.6 Å². The molecule has 8 heteroatoms. The molecule has 1 amide bonds. The second-order valence-electron chi connectivity index (χ2n) is 6.98. The molecule has 0 aliphatic carbocycles. The predicted molar refractivity (Wildman–Crippen MR) is 98.9 cm³/mol. The highest BCUT2D eigenvalue weighted by Gasteiger charge is 2.28. The summed E-state index contributed by atoms with van der Waals surface area (Å²) in [5, 5.41) is 13.6. The van der Waals surface area contributed by atoms with E-state index in [2.05, 4.69) is 10.1 Å². The van der Waals surface area contributed by atoms with Crippen molar-refractivity contribution in [2.45, 2.75) is 33.2 Å². The average molecular weight is 355 g/mol. The molecule has 0 unspecified atom stereocenters. The molecule has 3 N–H and O–H groups in total. The van der Waals surface area contributed by atoms with Gasteiger partial charge in [-0.2, -0.15) is 4.98 Å². The van der Waals surface area contributed by atoms with E-state index in [1.165, 1.54) is 9.42 Å². The number of hydrogen-bond donors (Lipinski definition) is 2. The van der Waals surface area contributed by atoms with Gasteiger partial charge in [0.2, 0.25) is 5.95 Å². The number of carbonyl (C=O) groups is 1. The number of nitrogens with two attached hydrogens (primary N) is 1. The van der Waals surface area contributed by atoms with Crippen molar-refractivity contribution in [2.75, 3.05) is 10.6 Å². The molecule has 2 aromatic heterocycles. The Labute approximate surface area is 150 Å². The molecule has 3 aromatic rings. The fourth-order valence-corrected chi connectivity index (χ4v) is 2.69. The Bertz CT molecular complexity index is 975. The van der Waals surface area contributed by atoms with E-state index >= 15 is 0 Å². The van der Waals surface area contributed by atoms with E-state index in [1.54, 1.807) is 30.5 Å². The molecule has 0 radical (unpaired) electrons. The average Bonchev–Trinajstić information content (AvgIpc) is 2.88. The molecule has 0 aliphatic heterocycles. The predicted octanol–water partition coefficient (Wildman–Crippen LogP) is 3.70. The number of nitrogen functional groups attached to an aromatic ring is 1. The minimum Gasteiger partial charge on any atom is -0.465 e. The second-order valence-corrected chi connectivity index (χ2v) is 6.98. The van der Waals surface area contributed by atoms with Gasteiger partial charge in [-0.05, 0) is 51.5 Å². The van der Waals surface area contributed by atoms with Crippen LogP contribution in [-0.4, -0.2) is 31.3 Å². The highest BCUT2D eigenvalue weighted by Crippen LogP contribution is 2.32. The van der Waals surface area contributed by atoms with E-state index in [0.29, 0.717) is 22.8 Å². The Hall–Kier alpha value is -3.29. The van der Waals surface area contributed by atoms with Crippen molar-refractivity contribution in [1.82, 2.24) is 14.6 Å². The largest absolute Gasteiger partial charge is 0.465 e. The Morgan fingerprint density at radius 2 is 2.00 bits per heavy atom. The summed E-state index contributed by atoms with van der Waals surface area (Å²) in [4.78, 5) is 17.1. The molecular weight excluding hydrogens is 334 g/mol. The zero-order chi connectivity index (χ0) is 19.1. The van der Waals surface area contributed by atoms with E-state index in [-0.39, 0.29) is 5.95 Å². The molecule has 136 valence electrons. The van der Waals surface area contributed by atoms with E-state index < -0.39 is 11.6 Å². The molecule has 0 saturated heterocycles. The molecule has 26 heavy (non-hydrogen) atoms. The highest BCUT2D eigenvalue weighted by molar-refractivity contribution is 5.88. The summed E-state index contributed by atoms with van der Waals surface area (Å²) in [7, 11) is 0. The minimum absolute atomic E-state index is 0.183. The number of fused-ring (bicyclic) bond motifs is 1. The van der Waals surface area contributed by atoms with Crippen molar-refractivity contribution in [3.63, 3.8) is 0 Å². The second kappa shape index (κ2) is 6.21. The van der Waals surface area contributed by atoms with E-state index in [1.807, 2.05) is 33.8 Å². The zero-order valence-electron chi connectivity index (χ0n) is 15.1. The Balaban J connectivity index is 1.97. The van der Waals surface area contributed by atoms with Crippen molar-refractivity contribution in [1.29, 1.82) is 0 Å². The lowest BCUT2D eigenvalue weighted by atomic mass is 10.0. The summed E-state index contributed by atoms with van der Waals surface area (Å²) >= 11 is 0. The van der Waals surface area contributed by atoms with Gasteiger partial charge in [-0.1, -0.05) is 6.07 Å². The number of rotatable bonds is 3. The summed E-state index contributed by atoms with van der Waals surface area (Å²) in [6, 6.07) is 8.82. The third kappa shape index (κ3) is 3.39. The van der Waals surface area contributed by atoms with Crippen LogP contribution in [0.1, 0.15) is 26.3 Å². The van der Waals surface area contributed by atoms with Crippen LogP contribution in [0.5, 0.6) is 11.5 Å². The third-order valence-electron chi connectivity index (χ3n) is 3.84. The van der Waals surface area contributed by atoms with Gasteiger partial charge >= 0.3 is 6.09 Å². The van der Waals surface area contributed by atoms with E-state index in [0.717, 1.165) is 5.56 Å². The number of pyridine rings is 1. The smallest absolute Gasteiger partial charge is 0.412 e. The lowest BCUT2D eigenvalue weighted by molar-refractivity contribution is 0.195. The van der Waals surface area contributed by atoms with Crippen molar-refractivity contribution in [3.8, 4) is 11.5 Å². The van der Waals surface area contributed by atoms with E-state index in [9.17, 15) is 9.90 Å². The first kappa shape index (κ1) is 17.5. The van der Waals surface area contributed by atoms with Crippen molar-refractivity contribution < 1.29 is 14.6 Å². The van der Waals surface area contributed by atoms with Gasteiger partial charge in [-0.25, -0.2) is 9.31 Å². The normalized spacial score (nSPS) is 11.5. The number of aromatic nitrogens is 3. The quantitative estimate of drug-likeness (QED) is 0.742. The summed E-state index contributed by atoms with van der Waals surface area (Å²) in [6.45, 7) is 7.41. The van der Waals surface area contributed by atoms with Crippen LogP contribution in [0.15, 0.2) is 36.5 Å². The standard InChI is InChI=1S/C18H21N5O3/c1-11-5-6-12(23(17(24)25)18(2,3)4)9-14(11)26-13-7-8-15-20-16(19)21-22(15)10-13/h5-10H,1-4H3,(H2,19,21)(H,24,25). The minimum atomic E-state index is -1.02. The lowest BCUT2D eigenvalue weighted by Gasteiger charge is -2.33. The van der Waals surface area contributed by atoms with Gasteiger partial charge in [-0.15, -0.1) is 5.10 Å². The van der Waals surface area contributed by atoms with Gasteiger partial charge in [0.25, 0.3) is 0 Å². The van der Waals surface area contributed by atoms with Crippen LogP contribution < -0.4 is 15.4 Å². The summed E-state index contributed by atoms with van der Waals surface area (Å²) in [5.41, 5.74) is 7.04. The zero-order valence-corrected chi connectivity index (χ0v) is 15.1. The molecule has 3 rings (SSSR count). The molecule has 0 aliphatic rings. The maximum atomic E-state index is 11.7. The maximum Gasteiger partial charge on any atom is 0.412 e. The number of nitrogens with zero attached hydrogens (tertiary/aromatic N) is 4. The monoisotopic (exact) mass is 355 g/mol. The number of ether oxygens (including phenoxy) is 1. The van der Waals surface area contributed by atoms with Crippen molar-refractivity contribution in [3.05, 3.63) is 42.1 Å². The fraction of sp³-hybridized carbons (Fsp3) is 0.278.